The van der Waals surface area contributed by atoms with Crippen molar-refractivity contribution in [2.24, 2.45) is 5.92 Å². The summed E-state index contributed by atoms with van der Waals surface area (Å²) in [6.45, 7) is 4.29. The van der Waals surface area contributed by atoms with Gasteiger partial charge in [0.25, 0.3) is 0 Å². The van der Waals surface area contributed by atoms with Gasteiger partial charge in [0.15, 0.2) is 0 Å². The third-order valence-corrected chi connectivity index (χ3v) is 5.57. The van der Waals surface area contributed by atoms with E-state index in [0.29, 0.717) is 11.0 Å². The highest BCUT2D eigenvalue weighted by molar-refractivity contribution is 9.10. The lowest BCUT2D eigenvalue weighted by molar-refractivity contribution is 0.361. The van der Waals surface area contributed by atoms with Crippen molar-refractivity contribution in [3.05, 3.63) is 41.1 Å². The lowest BCUT2D eigenvalue weighted by Crippen LogP contribution is -2.42. The highest BCUT2D eigenvalue weighted by Gasteiger charge is 2.24. The Morgan fingerprint density at radius 3 is 2.43 bits per heavy atom. The van der Waals surface area contributed by atoms with Crippen LogP contribution in [0, 0.1) is 5.92 Å². The van der Waals surface area contributed by atoms with Crippen LogP contribution in [0.25, 0.3) is 0 Å². The zero-order valence-electron chi connectivity index (χ0n) is 11.8. The Labute approximate surface area is 132 Å². The summed E-state index contributed by atoms with van der Waals surface area (Å²) in [7, 11) is -3.60. The normalized spacial score (nSPS) is 13.5. The minimum atomic E-state index is -3.60. The maximum absolute atomic E-state index is 12.5. The summed E-state index contributed by atoms with van der Waals surface area (Å²) < 4.78 is 28.3. The van der Waals surface area contributed by atoms with Crippen LogP contribution in [-0.2, 0) is 16.6 Å². The summed E-state index contributed by atoms with van der Waals surface area (Å²) in [5, 5.41) is 8.04. The molecule has 1 unspecified atom stereocenters. The molecular formula is C13H17BrN4O2S. The first-order valence-corrected chi connectivity index (χ1v) is 8.78. The predicted octanol–water partition coefficient (Wildman–Crippen LogP) is 2.04. The molecule has 0 aliphatic heterocycles. The minimum absolute atomic E-state index is 0.105. The maximum Gasteiger partial charge on any atom is 0.242 e. The van der Waals surface area contributed by atoms with Gasteiger partial charge in [-0.05, 0) is 34.0 Å². The molecule has 0 fully saturated rings. The predicted molar refractivity (Wildman–Crippen MR) is 83.1 cm³/mol. The fraction of sp³-hybridized carbons (Fsp3) is 0.385. The van der Waals surface area contributed by atoms with Crippen LogP contribution in [-0.4, -0.2) is 29.5 Å². The van der Waals surface area contributed by atoms with Crippen molar-refractivity contribution < 1.29 is 8.42 Å². The molecule has 2 rings (SSSR count). The number of hydrogen-bond donors (Lipinski definition) is 1. The average molecular weight is 373 g/mol. The Morgan fingerprint density at radius 2 is 1.86 bits per heavy atom. The maximum atomic E-state index is 12.5. The molecule has 0 amide bonds. The second-order valence-electron chi connectivity index (χ2n) is 4.99. The summed E-state index contributed by atoms with van der Waals surface area (Å²) in [6, 6.07) is 6.44. The Morgan fingerprint density at radius 1 is 1.24 bits per heavy atom. The zero-order valence-corrected chi connectivity index (χ0v) is 14.2. The number of sulfonamides is 1. The first kappa shape index (κ1) is 16.1. The van der Waals surface area contributed by atoms with E-state index in [9.17, 15) is 8.42 Å². The summed E-state index contributed by atoms with van der Waals surface area (Å²) in [4.78, 5) is 1.71. The van der Waals surface area contributed by atoms with Crippen molar-refractivity contribution >= 4 is 26.0 Å². The van der Waals surface area contributed by atoms with E-state index in [-0.39, 0.29) is 16.9 Å². The average Bonchev–Trinajstić information content (AvgIpc) is 2.91. The van der Waals surface area contributed by atoms with Gasteiger partial charge in [0, 0.05) is 10.5 Å². The van der Waals surface area contributed by atoms with Gasteiger partial charge in [-0.2, -0.15) is 15.0 Å². The molecule has 0 radical (unpaired) electrons. The molecule has 1 N–H and O–H groups in total. The van der Waals surface area contributed by atoms with E-state index in [4.69, 9.17) is 0 Å². The molecule has 0 saturated heterocycles. The van der Waals surface area contributed by atoms with E-state index in [1.54, 1.807) is 36.7 Å². The fourth-order valence-electron chi connectivity index (χ4n) is 1.82. The molecule has 114 valence electrons. The van der Waals surface area contributed by atoms with E-state index < -0.39 is 10.0 Å². The molecule has 1 heterocycles. The number of aromatic nitrogens is 3. The minimum Gasteiger partial charge on any atom is -0.207 e. The monoisotopic (exact) mass is 372 g/mol. The van der Waals surface area contributed by atoms with Crippen LogP contribution in [0.5, 0.6) is 0 Å². The lowest BCUT2D eigenvalue weighted by atomic mass is 10.1. The third-order valence-electron chi connectivity index (χ3n) is 3.06. The molecule has 1 aromatic heterocycles. The lowest BCUT2D eigenvalue weighted by Gasteiger charge is -2.22. The molecule has 2 aromatic rings. The summed E-state index contributed by atoms with van der Waals surface area (Å²) in [5.74, 6) is 0.105. The van der Waals surface area contributed by atoms with Gasteiger partial charge >= 0.3 is 0 Å². The number of benzene rings is 1. The van der Waals surface area contributed by atoms with Crippen molar-refractivity contribution in [3.63, 3.8) is 0 Å². The van der Waals surface area contributed by atoms with E-state index >= 15 is 0 Å². The SMILES string of the molecule is CC(C)C(Cn1nccn1)NS(=O)(=O)c1ccccc1Br. The van der Waals surface area contributed by atoms with Crippen LogP contribution in [0.15, 0.2) is 46.0 Å². The van der Waals surface area contributed by atoms with Crippen LogP contribution in [0.2, 0.25) is 0 Å². The first-order chi connectivity index (χ1) is 9.90. The number of rotatable bonds is 6. The largest absolute Gasteiger partial charge is 0.242 e. The number of nitrogens with zero attached hydrogens (tertiary/aromatic N) is 3. The van der Waals surface area contributed by atoms with Crippen molar-refractivity contribution in [2.75, 3.05) is 0 Å². The summed E-state index contributed by atoms with van der Waals surface area (Å²) in [6.07, 6.45) is 3.14. The van der Waals surface area contributed by atoms with Gasteiger partial charge in [-0.3, -0.25) is 0 Å². The van der Waals surface area contributed by atoms with Gasteiger partial charge in [-0.15, -0.1) is 0 Å². The molecule has 21 heavy (non-hydrogen) atoms. The van der Waals surface area contributed by atoms with Gasteiger partial charge in [0.1, 0.15) is 0 Å². The van der Waals surface area contributed by atoms with E-state index in [1.807, 2.05) is 13.8 Å². The molecule has 0 saturated carbocycles. The molecule has 0 spiro atoms. The molecule has 1 aromatic carbocycles. The summed E-state index contributed by atoms with van der Waals surface area (Å²) in [5.41, 5.74) is 0. The van der Waals surface area contributed by atoms with Gasteiger partial charge < -0.3 is 0 Å². The number of hydrogen-bond acceptors (Lipinski definition) is 4. The molecular weight excluding hydrogens is 356 g/mol. The van der Waals surface area contributed by atoms with Crippen LogP contribution in [0.1, 0.15) is 13.8 Å². The zero-order chi connectivity index (χ0) is 15.5. The smallest absolute Gasteiger partial charge is 0.207 e. The van der Waals surface area contributed by atoms with Crippen LogP contribution >= 0.6 is 15.9 Å². The first-order valence-electron chi connectivity index (χ1n) is 6.51. The topological polar surface area (TPSA) is 76.9 Å². The second kappa shape index (κ2) is 6.67. The van der Waals surface area contributed by atoms with Crippen LogP contribution in [0.4, 0.5) is 0 Å². The van der Waals surface area contributed by atoms with Crippen LogP contribution in [0.3, 0.4) is 0 Å². The highest BCUT2D eigenvalue weighted by Crippen LogP contribution is 2.22. The Balaban J connectivity index is 2.22. The second-order valence-corrected chi connectivity index (χ2v) is 7.52. The number of halogens is 1. The number of nitrogens with one attached hydrogen (secondary N) is 1. The molecule has 8 heteroatoms. The fourth-order valence-corrected chi connectivity index (χ4v) is 4.20. The van der Waals surface area contributed by atoms with Crippen molar-refractivity contribution in [3.8, 4) is 0 Å². The van der Waals surface area contributed by atoms with Gasteiger partial charge in [0.05, 0.1) is 23.8 Å². The van der Waals surface area contributed by atoms with Gasteiger partial charge in [0.2, 0.25) is 10.0 Å². The molecule has 1 atom stereocenters. The molecule has 0 aliphatic carbocycles. The van der Waals surface area contributed by atoms with Gasteiger partial charge in [-0.25, -0.2) is 13.1 Å². The standard InChI is InChI=1S/C13H17BrN4O2S/c1-10(2)12(9-18-15-7-8-16-18)17-21(19,20)13-6-4-3-5-11(13)14/h3-8,10,12,17H,9H2,1-2H3. The van der Waals surface area contributed by atoms with E-state index in [2.05, 4.69) is 30.8 Å². The molecule has 0 aliphatic rings. The Kier molecular flexibility index (Phi) is 5.13. The molecule has 0 bridgehead atoms. The van der Waals surface area contributed by atoms with E-state index in [1.165, 1.54) is 4.80 Å². The third kappa shape index (κ3) is 4.12. The van der Waals surface area contributed by atoms with Crippen LogP contribution < -0.4 is 4.72 Å². The van der Waals surface area contributed by atoms with Crippen molar-refractivity contribution in [1.29, 1.82) is 0 Å². The molecule has 6 nitrogen and oxygen atoms in total. The van der Waals surface area contributed by atoms with Crippen molar-refractivity contribution in [1.82, 2.24) is 19.7 Å². The van der Waals surface area contributed by atoms with Gasteiger partial charge in [-0.1, -0.05) is 26.0 Å². The Hall–Kier alpha value is -1.25. The summed E-state index contributed by atoms with van der Waals surface area (Å²) >= 11 is 3.27. The van der Waals surface area contributed by atoms with Crippen molar-refractivity contribution in [2.45, 2.75) is 31.3 Å². The quantitative estimate of drug-likeness (QED) is 0.841. The highest BCUT2D eigenvalue weighted by atomic mass is 79.9. The Bertz CT molecular complexity index is 686. The van der Waals surface area contributed by atoms with E-state index in [0.717, 1.165) is 0 Å².